The van der Waals surface area contributed by atoms with Crippen LogP contribution in [-0.4, -0.2) is 51.9 Å². The Hall–Kier alpha value is -2.89. The first-order chi connectivity index (χ1) is 14.1. The molecule has 1 aliphatic heterocycles. The van der Waals surface area contributed by atoms with Crippen LogP contribution in [0.1, 0.15) is 17.5 Å². The molecule has 2 aromatic carbocycles. The lowest BCUT2D eigenvalue weighted by Gasteiger charge is -2.18. The Balaban J connectivity index is 1.46. The average molecular weight is 399 g/mol. The summed E-state index contributed by atoms with van der Waals surface area (Å²) in [7, 11) is 4.93. The third-order valence-electron chi connectivity index (χ3n) is 5.41. The van der Waals surface area contributed by atoms with Gasteiger partial charge in [-0.25, -0.2) is 4.79 Å². The highest BCUT2D eigenvalue weighted by Crippen LogP contribution is 2.30. The summed E-state index contributed by atoms with van der Waals surface area (Å²) in [5, 5.41) is 3.04. The maximum absolute atomic E-state index is 12.5. The Morgan fingerprint density at radius 2 is 1.86 bits per heavy atom. The minimum atomic E-state index is 0.00379. The Kier molecular flexibility index (Phi) is 7.22. The molecule has 0 aromatic heterocycles. The molecule has 1 aliphatic rings. The van der Waals surface area contributed by atoms with E-state index < -0.39 is 0 Å². The monoisotopic (exact) mass is 398 g/mol. The van der Waals surface area contributed by atoms with E-state index in [0.29, 0.717) is 24.6 Å². The van der Waals surface area contributed by atoms with E-state index in [1.165, 1.54) is 5.56 Å². The van der Waals surface area contributed by atoms with Crippen molar-refractivity contribution in [2.24, 2.45) is 5.92 Å². The summed E-state index contributed by atoms with van der Waals surface area (Å²) >= 11 is 0. The minimum absolute atomic E-state index is 0.00379. The summed E-state index contributed by atoms with van der Waals surface area (Å²) in [6.07, 6.45) is 2.70. The maximum Gasteiger partial charge on any atom is 0.317 e. The molecule has 2 amide bonds. The Bertz CT molecular complexity index is 807. The predicted octanol–water partition coefficient (Wildman–Crippen LogP) is 3.53. The van der Waals surface area contributed by atoms with Crippen molar-refractivity contribution in [3.05, 3.63) is 53.6 Å². The van der Waals surface area contributed by atoms with E-state index in [0.717, 1.165) is 43.0 Å². The van der Waals surface area contributed by atoms with Gasteiger partial charge in [-0.3, -0.25) is 0 Å². The van der Waals surface area contributed by atoms with Crippen LogP contribution in [0.2, 0.25) is 0 Å². The number of nitrogens with one attached hydrogen (secondary N) is 1. The number of carbonyl (C=O) groups is 1. The first-order valence-electron chi connectivity index (χ1n) is 10.00. The maximum atomic E-state index is 12.5. The lowest BCUT2D eigenvalue weighted by molar-refractivity contribution is 0.207. The number of para-hydroxylation sites is 1. The smallest absolute Gasteiger partial charge is 0.317 e. The lowest BCUT2D eigenvalue weighted by atomic mass is 9.99. The molecule has 29 heavy (non-hydrogen) atoms. The summed E-state index contributed by atoms with van der Waals surface area (Å²) < 4.78 is 16.0. The number of methoxy groups -OCH3 is 3. The fourth-order valence-corrected chi connectivity index (χ4v) is 3.85. The van der Waals surface area contributed by atoms with E-state index in [4.69, 9.17) is 14.2 Å². The van der Waals surface area contributed by atoms with Crippen molar-refractivity contribution in [2.75, 3.05) is 41.0 Å². The molecule has 0 aliphatic carbocycles. The van der Waals surface area contributed by atoms with E-state index >= 15 is 0 Å². The Labute approximate surface area is 172 Å². The number of ether oxygens (including phenoxy) is 3. The molecule has 0 saturated carbocycles. The highest BCUT2D eigenvalue weighted by atomic mass is 16.5. The van der Waals surface area contributed by atoms with Gasteiger partial charge in [0.05, 0.1) is 21.3 Å². The van der Waals surface area contributed by atoms with Gasteiger partial charge >= 0.3 is 6.03 Å². The second kappa shape index (κ2) is 10.0. The third-order valence-corrected chi connectivity index (χ3v) is 5.41. The second-order valence-electron chi connectivity index (χ2n) is 7.29. The summed E-state index contributed by atoms with van der Waals surface area (Å²) in [5.41, 5.74) is 2.30. The summed E-state index contributed by atoms with van der Waals surface area (Å²) in [5.74, 6) is 2.80. The molecule has 1 fully saturated rings. The van der Waals surface area contributed by atoms with Crippen molar-refractivity contribution < 1.29 is 19.0 Å². The standard InChI is InChI=1S/C23H30N2O4/c1-27-20-9-7-17(8-10-20)15-18-12-14-25(16-18)23(26)24-13-11-19-5-4-6-21(28-2)22(19)29-3/h4-10,18H,11-16H2,1-3H3,(H,24,26). The molecule has 6 nitrogen and oxygen atoms in total. The van der Waals surface area contributed by atoms with Crippen molar-refractivity contribution in [2.45, 2.75) is 19.3 Å². The number of amides is 2. The zero-order valence-electron chi connectivity index (χ0n) is 17.4. The second-order valence-corrected chi connectivity index (χ2v) is 7.29. The molecule has 3 rings (SSSR count). The molecule has 0 spiro atoms. The van der Waals surface area contributed by atoms with E-state index in [1.807, 2.05) is 35.2 Å². The molecular formula is C23H30N2O4. The highest BCUT2D eigenvalue weighted by molar-refractivity contribution is 5.74. The van der Waals surface area contributed by atoms with Gasteiger partial charge in [-0.15, -0.1) is 0 Å². The molecular weight excluding hydrogens is 368 g/mol. The van der Waals surface area contributed by atoms with Gasteiger partial charge < -0.3 is 24.4 Å². The average Bonchev–Trinajstić information content (AvgIpc) is 3.22. The molecule has 1 N–H and O–H groups in total. The van der Waals surface area contributed by atoms with Crippen molar-refractivity contribution in [3.8, 4) is 17.2 Å². The predicted molar refractivity (Wildman–Crippen MR) is 113 cm³/mol. The van der Waals surface area contributed by atoms with Crippen LogP contribution < -0.4 is 19.5 Å². The van der Waals surface area contributed by atoms with Crippen LogP contribution in [0.4, 0.5) is 4.79 Å². The van der Waals surface area contributed by atoms with Crippen LogP contribution >= 0.6 is 0 Å². The molecule has 1 unspecified atom stereocenters. The van der Waals surface area contributed by atoms with Crippen molar-refractivity contribution in [1.29, 1.82) is 0 Å². The van der Waals surface area contributed by atoms with E-state index in [2.05, 4.69) is 17.4 Å². The van der Waals surface area contributed by atoms with Crippen molar-refractivity contribution in [1.82, 2.24) is 10.2 Å². The molecule has 6 heteroatoms. The van der Waals surface area contributed by atoms with Crippen molar-refractivity contribution >= 4 is 6.03 Å². The van der Waals surface area contributed by atoms with E-state index in [1.54, 1.807) is 21.3 Å². The van der Waals surface area contributed by atoms with Crippen LogP contribution in [0, 0.1) is 5.92 Å². The topological polar surface area (TPSA) is 60.0 Å². The zero-order chi connectivity index (χ0) is 20.6. The number of carbonyl (C=O) groups excluding carboxylic acids is 1. The summed E-state index contributed by atoms with van der Waals surface area (Å²) in [6.45, 7) is 2.15. The largest absolute Gasteiger partial charge is 0.497 e. The van der Waals surface area contributed by atoms with E-state index in [-0.39, 0.29) is 6.03 Å². The fourth-order valence-electron chi connectivity index (χ4n) is 3.85. The van der Waals surface area contributed by atoms with Crippen LogP contribution in [0.5, 0.6) is 17.2 Å². The molecule has 1 heterocycles. The quantitative estimate of drug-likeness (QED) is 0.739. The molecule has 2 aromatic rings. The highest BCUT2D eigenvalue weighted by Gasteiger charge is 2.26. The number of benzene rings is 2. The van der Waals surface area contributed by atoms with Crippen LogP contribution in [0.15, 0.2) is 42.5 Å². The number of rotatable bonds is 8. The van der Waals surface area contributed by atoms with Gasteiger partial charge in [0.2, 0.25) is 0 Å². The van der Waals surface area contributed by atoms with Crippen LogP contribution in [0.25, 0.3) is 0 Å². The van der Waals surface area contributed by atoms with Gasteiger partial charge in [-0.05, 0) is 54.5 Å². The van der Waals surface area contributed by atoms with E-state index in [9.17, 15) is 4.79 Å². The third kappa shape index (κ3) is 5.34. The van der Waals surface area contributed by atoms with Gasteiger partial charge in [0.1, 0.15) is 5.75 Å². The Morgan fingerprint density at radius 3 is 2.55 bits per heavy atom. The summed E-state index contributed by atoms with van der Waals surface area (Å²) in [6, 6.07) is 14.0. The Morgan fingerprint density at radius 1 is 1.07 bits per heavy atom. The first-order valence-corrected chi connectivity index (χ1v) is 10.00. The van der Waals surface area contributed by atoms with Crippen LogP contribution in [-0.2, 0) is 12.8 Å². The normalized spacial score (nSPS) is 15.8. The van der Waals surface area contributed by atoms with Gasteiger partial charge in [0, 0.05) is 19.6 Å². The molecule has 1 saturated heterocycles. The van der Waals surface area contributed by atoms with Crippen LogP contribution in [0.3, 0.4) is 0 Å². The first kappa shape index (κ1) is 20.8. The van der Waals surface area contributed by atoms with Gasteiger partial charge in [0.15, 0.2) is 11.5 Å². The zero-order valence-corrected chi connectivity index (χ0v) is 17.4. The molecule has 0 bridgehead atoms. The summed E-state index contributed by atoms with van der Waals surface area (Å²) in [4.78, 5) is 14.5. The number of likely N-dealkylation sites (tertiary alicyclic amines) is 1. The number of nitrogens with zero attached hydrogens (tertiary/aromatic N) is 1. The number of urea groups is 1. The van der Waals surface area contributed by atoms with Gasteiger partial charge in [-0.2, -0.15) is 0 Å². The molecule has 1 atom stereocenters. The number of hydrogen-bond donors (Lipinski definition) is 1. The number of hydrogen-bond acceptors (Lipinski definition) is 4. The van der Waals surface area contributed by atoms with Gasteiger partial charge in [0.25, 0.3) is 0 Å². The van der Waals surface area contributed by atoms with Gasteiger partial charge in [-0.1, -0.05) is 24.3 Å². The van der Waals surface area contributed by atoms with Crippen molar-refractivity contribution in [3.63, 3.8) is 0 Å². The SMILES string of the molecule is COc1ccc(CC2CCN(C(=O)NCCc3cccc(OC)c3OC)C2)cc1. The minimum Gasteiger partial charge on any atom is -0.497 e. The fraction of sp³-hybridized carbons (Fsp3) is 0.435. The lowest BCUT2D eigenvalue weighted by Crippen LogP contribution is -2.39. The molecule has 0 radical (unpaired) electrons. The molecule has 156 valence electrons.